The molecule has 1 aliphatic rings. The fourth-order valence-corrected chi connectivity index (χ4v) is 1.16. The number of hydrogen-bond donors (Lipinski definition) is 0. The maximum atomic E-state index is 11.4. The minimum absolute atomic E-state index is 0.507. The number of amides is 1. The molecule has 0 radical (unpaired) electrons. The Kier molecular flexibility index (Phi) is 3.88. The van der Waals surface area contributed by atoms with Crippen LogP contribution in [-0.4, -0.2) is 24.5 Å². The van der Waals surface area contributed by atoms with E-state index >= 15 is 0 Å². The summed E-state index contributed by atoms with van der Waals surface area (Å²) >= 11 is 0. The van der Waals surface area contributed by atoms with Gasteiger partial charge in [0, 0.05) is 6.42 Å². The van der Waals surface area contributed by atoms with Gasteiger partial charge in [-0.1, -0.05) is 0 Å². The van der Waals surface area contributed by atoms with Crippen LogP contribution in [0.1, 0.15) is 27.2 Å². The number of carbonyl (C=O) groups is 1. The summed E-state index contributed by atoms with van der Waals surface area (Å²) in [6, 6.07) is 0. The lowest BCUT2D eigenvalue weighted by atomic mass is 10.1. The van der Waals surface area contributed by atoms with Crippen molar-refractivity contribution in [3.05, 3.63) is 24.0 Å². The van der Waals surface area contributed by atoms with Crippen molar-refractivity contribution >= 4 is 11.8 Å². The molecule has 0 aromatic heterocycles. The Bertz CT molecular complexity index is 359. The number of nitrogens with zero attached hydrogens (tertiary/aromatic N) is 1. The van der Waals surface area contributed by atoms with E-state index in [9.17, 15) is 4.79 Å². The monoisotopic (exact) mass is 223 g/mol. The second kappa shape index (κ2) is 4.96. The fourth-order valence-electron chi connectivity index (χ4n) is 1.16. The largest absolute Gasteiger partial charge is 0.497 e. The highest BCUT2D eigenvalue weighted by atomic mass is 16.6. The molecule has 1 rings (SSSR count). The summed E-state index contributed by atoms with van der Waals surface area (Å²) in [5.74, 6) is 0.781. The van der Waals surface area contributed by atoms with Crippen molar-refractivity contribution in [2.45, 2.75) is 32.8 Å². The maximum absolute atomic E-state index is 11.4. The smallest absolute Gasteiger partial charge is 0.434 e. The zero-order chi connectivity index (χ0) is 12.2. The summed E-state index contributed by atoms with van der Waals surface area (Å²) in [5.41, 5.74) is 0.169. The van der Waals surface area contributed by atoms with Crippen molar-refractivity contribution in [1.82, 2.24) is 0 Å². The van der Waals surface area contributed by atoms with E-state index in [1.54, 1.807) is 19.3 Å². The summed E-state index contributed by atoms with van der Waals surface area (Å²) in [5, 5.41) is 0. The third-order valence-electron chi connectivity index (χ3n) is 1.82. The molecule has 0 saturated heterocycles. The Labute approximate surface area is 95.7 Å². The summed E-state index contributed by atoms with van der Waals surface area (Å²) in [6.07, 6.45) is 5.42. The molecule has 0 aliphatic heterocycles. The van der Waals surface area contributed by atoms with Crippen LogP contribution in [0.25, 0.3) is 0 Å². The van der Waals surface area contributed by atoms with Crippen molar-refractivity contribution in [3.63, 3.8) is 0 Å². The van der Waals surface area contributed by atoms with Gasteiger partial charge < -0.3 is 9.47 Å². The fraction of sp³-hybridized carbons (Fsp3) is 0.500. The van der Waals surface area contributed by atoms with Gasteiger partial charge in [0.1, 0.15) is 11.4 Å². The number of methoxy groups -OCH3 is 1. The molecular weight excluding hydrogens is 206 g/mol. The molecule has 4 heteroatoms. The Hall–Kier alpha value is -1.58. The van der Waals surface area contributed by atoms with E-state index in [0.717, 1.165) is 5.76 Å². The van der Waals surface area contributed by atoms with Gasteiger partial charge >= 0.3 is 6.09 Å². The van der Waals surface area contributed by atoms with Crippen LogP contribution < -0.4 is 0 Å². The van der Waals surface area contributed by atoms with Crippen LogP contribution in [0, 0.1) is 0 Å². The number of allylic oxidation sites excluding steroid dienone is 3. The highest BCUT2D eigenvalue weighted by Gasteiger charge is 2.16. The lowest BCUT2D eigenvalue weighted by molar-refractivity contribution is 0.0604. The lowest BCUT2D eigenvalue weighted by Gasteiger charge is -2.17. The Morgan fingerprint density at radius 2 is 2.06 bits per heavy atom. The van der Waals surface area contributed by atoms with Crippen LogP contribution >= 0.6 is 0 Å². The molecule has 0 bridgehead atoms. The number of carbonyl (C=O) groups excluding carboxylic acids is 1. The molecular formula is C12H17NO3. The molecule has 16 heavy (non-hydrogen) atoms. The molecule has 0 saturated carbocycles. The van der Waals surface area contributed by atoms with Crippen molar-refractivity contribution in [3.8, 4) is 0 Å². The molecule has 0 spiro atoms. The van der Waals surface area contributed by atoms with Crippen LogP contribution in [0.5, 0.6) is 0 Å². The van der Waals surface area contributed by atoms with E-state index in [2.05, 4.69) is 4.99 Å². The second-order valence-corrected chi connectivity index (χ2v) is 4.43. The maximum Gasteiger partial charge on any atom is 0.434 e. The number of rotatable bonds is 1. The minimum Gasteiger partial charge on any atom is -0.497 e. The van der Waals surface area contributed by atoms with Crippen LogP contribution in [-0.2, 0) is 9.47 Å². The minimum atomic E-state index is -0.554. The van der Waals surface area contributed by atoms with Gasteiger partial charge in [0.15, 0.2) is 0 Å². The molecule has 0 unspecified atom stereocenters. The Morgan fingerprint density at radius 3 is 2.50 bits per heavy atom. The van der Waals surface area contributed by atoms with Gasteiger partial charge in [0.05, 0.1) is 12.8 Å². The molecule has 0 N–H and O–H groups in total. The van der Waals surface area contributed by atoms with Crippen LogP contribution in [0.2, 0.25) is 0 Å². The van der Waals surface area contributed by atoms with Gasteiger partial charge in [-0.15, -0.1) is 0 Å². The van der Waals surface area contributed by atoms with Gasteiger partial charge in [0.2, 0.25) is 0 Å². The van der Waals surface area contributed by atoms with Crippen LogP contribution in [0.4, 0.5) is 4.79 Å². The molecule has 0 aromatic carbocycles. The molecule has 1 amide bonds. The molecule has 0 aromatic rings. The Morgan fingerprint density at radius 1 is 1.38 bits per heavy atom. The average Bonchev–Trinajstić information content (AvgIpc) is 2.16. The third-order valence-corrected chi connectivity index (χ3v) is 1.82. The predicted molar refractivity (Wildman–Crippen MR) is 62.5 cm³/mol. The Balaban J connectivity index is 2.58. The normalized spacial score (nSPS) is 18.2. The van der Waals surface area contributed by atoms with Crippen molar-refractivity contribution < 1.29 is 14.3 Å². The molecule has 88 valence electrons. The first kappa shape index (κ1) is 12.5. The van der Waals surface area contributed by atoms with Crippen LogP contribution in [0.3, 0.4) is 0 Å². The van der Waals surface area contributed by atoms with E-state index in [1.165, 1.54) is 0 Å². The van der Waals surface area contributed by atoms with Gasteiger partial charge in [-0.3, -0.25) is 0 Å². The topological polar surface area (TPSA) is 47.9 Å². The number of ether oxygens (including phenoxy) is 2. The zero-order valence-corrected chi connectivity index (χ0v) is 10.1. The summed E-state index contributed by atoms with van der Waals surface area (Å²) in [7, 11) is 1.60. The van der Waals surface area contributed by atoms with E-state index in [4.69, 9.17) is 9.47 Å². The molecule has 0 fully saturated rings. The lowest BCUT2D eigenvalue weighted by Crippen LogP contribution is -2.22. The average molecular weight is 223 g/mol. The first-order valence-electron chi connectivity index (χ1n) is 5.13. The molecule has 1 aliphatic carbocycles. The highest BCUT2D eigenvalue weighted by Crippen LogP contribution is 2.11. The standard InChI is InChI=1S/C12H17NO3/c1-12(2,3)16-11(14)13-9-5-7-10(15-4)8-6-9/h5,7-8H,6H2,1-4H3. The van der Waals surface area contributed by atoms with E-state index in [1.807, 2.05) is 26.8 Å². The number of hydrogen-bond acceptors (Lipinski definition) is 3. The predicted octanol–water partition coefficient (Wildman–Crippen LogP) is 2.85. The van der Waals surface area contributed by atoms with Gasteiger partial charge in [-0.25, -0.2) is 4.79 Å². The first-order chi connectivity index (χ1) is 7.40. The van der Waals surface area contributed by atoms with Gasteiger partial charge in [0.25, 0.3) is 0 Å². The van der Waals surface area contributed by atoms with Crippen LogP contribution in [0.15, 0.2) is 29.0 Å². The quantitative estimate of drug-likeness (QED) is 0.686. The zero-order valence-electron chi connectivity index (χ0n) is 10.1. The molecule has 4 nitrogen and oxygen atoms in total. The second-order valence-electron chi connectivity index (χ2n) is 4.43. The van der Waals surface area contributed by atoms with Crippen molar-refractivity contribution in [1.29, 1.82) is 0 Å². The molecule has 0 heterocycles. The van der Waals surface area contributed by atoms with Crippen molar-refractivity contribution in [2.24, 2.45) is 4.99 Å². The first-order valence-corrected chi connectivity index (χ1v) is 5.13. The van der Waals surface area contributed by atoms with Gasteiger partial charge in [-0.05, 0) is 39.0 Å². The third kappa shape index (κ3) is 4.29. The van der Waals surface area contributed by atoms with Crippen molar-refractivity contribution in [2.75, 3.05) is 7.11 Å². The van der Waals surface area contributed by atoms with E-state index in [-0.39, 0.29) is 0 Å². The summed E-state index contributed by atoms with van der Waals surface area (Å²) in [4.78, 5) is 15.2. The summed E-state index contributed by atoms with van der Waals surface area (Å²) in [6.45, 7) is 5.43. The highest BCUT2D eigenvalue weighted by molar-refractivity contribution is 6.02. The number of aliphatic imine (C=N–C) groups is 1. The SMILES string of the molecule is COC1=CCC(=NC(=O)OC(C)(C)C)C=C1. The van der Waals surface area contributed by atoms with E-state index < -0.39 is 11.7 Å². The van der Waals surface area contributed by atoms with E-state index in [0.29, 0.717) is 12.1 Å². The van der Waals surface area contributed by atoms with Gasteiger partial charge in [-0.2, -0.15) is 4.99 Å². The summed E-state index contributed by atoms with van der Waals surface area (Å²) < 4.78 is 10.1. The molecule has 0 atom stereocenters.